The monoisotopic (exact) mass is 212 g/mol. The second-order valence-corrected chi connectivity index (χ2v) is 5.04. The van der Waals surface area contributed by atoms with Crippen LogP contribution in [0.1, 0.15) is 10.4 Å². The average Bonchev–Trinajstić information content (AvgIpc) is 2.64. The van der Waals surface area contributed by atoms with Crippen LogP contribution in [0.15, 0.2) is 34.4 Å². The maximum absolute atomic E-state index is 10.2. The molecule has 1 nitrogen and oxygen atoms in total. The van der Waals surface area contributed by atoms with Gasteiger partial charge >= 0.3 is 0 Å². The van der Waals surface area contributed by atoms with Gasteiger partial charge in [0.25, 0.3) is 0 Å². The van der Waals surface area contributed by atoms with E-state index in [4.69, 9.17) is 0 Å². The van der Waals surface area contributed by atoms with Gasteiger partial charge in [-0.2, -0.15) is 0 Å². The average molecular weight is 212 g/mol. The highest BCUT2D eigenvalue weighted by atomic mass is 32.2. The number of thiophene rings is 1. The van der Waals surface area contributed by atoms with Crippen LogP contribution in [0.4, 0.5) is 0 Å². The summed E-state index contributed by atoms with van der Waals surface area (Å²) >= 11 is 1.80. The molecular formula is C10H12OS2. The first-order valence-corrected chi connectivity index (χ1v) is 6.10. The van der Waals surface area contributed by atoms with Gasteiger partial charge in [0.15, 0.2) is 0 Å². The van der Waals surface area contributed by atoms with Gasteiger partial charge in [0.1, 0.15) is 0 Å². The molecule has 0 N–H and O–H groups in total. The van der Waals surface area contributed by atoms with Crippen molar-refractivity contribution >= 4 is 22.1 Å². The summed E-state index contributed by atoms with van der Waals surface area (Å²) in [6.07, 6.45) is 3.55. The Kier molecular flexibility index (Phi) is 4.12. The lowest BCUT2D eigenvalue weighted by Gasteiger charge is -1.70. The molecule has 0 fully saturated rings. The summed E-state index contributed by atoms with van der Waals surface area (Å²) in [6, 6.07) is 2.19. The summed E-state index contributed by atoms with van der Waals surface area (Å²) in [5.74, 6) is 0. The highest BCUT2D eigenvalue weighted by Crippen LogP contribution is 2.10. The number of allylic oxidation sites excluding steroid dienone is 2. The quantitative estimate of drug-likeness (QED) is 0.645. The van der Waals surface area contributed by atoms with E-state index in [0.717, 1.165) is 0 Å². The Balaban J connectivity index is 0.000000132. The van der Waals surface area contributed by atoms with Gasteiger partial charge in [-0.1, -0.05) is 12.2 Å². The van der Waals surface area contributed by atoms with E-state index in [2.05, 4.69) is 25.3 Å². The second kappa shape index (κ2) is 5.14. The SMILES string of the molecule is Cc1csc(C)c1.O=S1C=CC=C1. The molecule has 0 radical (unpaired) electrons. The zero-order chi connectivity index (χ0) is 9.68. The Morgan fingerprint density at radius 1 is 1.23 bits per heavy atom. The molecule has 0 atom stereocenters. The van der Waals surface area contributed by atoms with Crippen molar-refractivity contribution in [2.45, 2.75) is 13.8 Å². The predicted octanol–water partition coefficient (Wildman–Crippen LogP) is 3.14. The fraction of sp³-hybridized carbons (Fsp3) is 0.200. The molecule has 2 heterocycles. The first-order valence-electron chi connectivity index (χ1n) is 3.94. The number of hydrogen-bond acceptors (Lipinski definition) is 2. The van der Waals surface area contributed by atoms with Gasteiger partial charge in [-0.3, -0.25) is 4.21 Å². The van der Waals surface area contributed by atoms with E-state index in [1.807, 2.05) is 0 Å². The normalized spacial score (nSPS) is 14.3. The molecule has 1 aliphatic rings. The molecule has 0 aromatic carbocycles. The van der Waals surface area contributed by atoms with Crippen molar-refractivity contribution in [1.29, 1.82) is 0 Å². The molecule has 0 spiro atoms. The fourth-order valence-corrected chi connectivity index (χ4v) is 2.14. The topological polar surface area (TPSA) is 17.1 Å². The van der Waals surface area contributed by atoms with Crippen LogP contribution in [0.5, 0.6) is 0 Å². The van der Waals surface area contributed by atoms with Crippen molar-refractivity contribution < 1.29 is 4.21 Å². The van der Waals surface area contributed by atoms with E-state index in [-0.39, 0.29) is 0 Å². The van der Waals surface area contributed by atoms with E-state index in [1.165, 1.54) is 10.4 Å². The summed E-state index contributed by atoms with van der Waals surface area (Å²) < 4.78 is 10.2. The van der Waals surface area contributed by atoms with Gasteiger partial charge in [-0.05, 0) is 30.9 Å². The van der Waals surface area contributed by atoms with Crippen molar-refractivity contribution in [2.75, 3.05) is 0 Å². The molecule has 2 rings (SSSR count). The molecule has 13 heavy (non-hydrogen) atoms. The molecule has 0 bridgehead atoms. The Hall–Kier alpha value is -0.670. The molecule has 1 aliphatic heterocycles. The van der Waals surface area contributed by atoms with Gasteiger partial charge in [-0.25, -0.2) is 0 Å². The Morgan fingerprint density at radius 3 is 2.00 bits per heavy atom. The second-order valence-electron chi connectivity index (χ2n) is 2.72. The zero-order valence-corrected chi connectivity index (χ0v) is 9.32. The third kappa shape index (κ3) is 4.20. The van der Waals surface area contributed by atoms with Crippen LogP contribution in [-0.4, -0.2) is 4.21 Å². The third-order valence-corrected chi connectivity index (χ3v) is 3.23. The molecule has 0 unspecified atom stereocenters. The third-order valence-electron chi connectivity index (χ3n) is 1.40. The van der Waals surface area contributed by atoms with Crippen LogP contribution in [-0.2, 0) is 10.8 Å². The maximum Gasteiger partial charge on any atom is 0.0702 e. The van der Waals surface area contributed by atoms with Gasteiger partial charge < -0.3 is 0 Å². The summed E-state index contributed by atoms with van der Waals surface area (Å²) in [4.78, 5) is 1.40. The van der Waals surface area contributed by atoms with Crippen molar-refractivity contribution in [1.82, 2.24) is 0 Å². The first kappa shape index (κ1) is 10.4. The molecule has 70 valence electrons. The first-order chi connectivity index (χ1) is 6.18. The predicted molar refractivity (Wildman–Crippen MR) is 60.2 cm³/mol. The maximum atomic E-state index is 10.2. The zero-order valence-electron chi connectivity index (χ0n) is 7.69. The largest absolute Gasteiger partial charge is 0.250 e. The van der Waals surface area contributed by atoms with Crippen molar-refractivity contribution in [3.8, 4) is 0 Å². The van der Waals surface area contributed by atoms with Crippen LogP contribution >= 0.6 is 11.3 Å². The van der Waals surface area contributed by atoms with Crippen LogP contribution < -0.4 is 0 Å². The highest BCUT2D eigenvalue weighted by Gasteiger charge is 1.86. The van der Waals surface area contributed by atoms with Crippen molar-refractivity contribution in [3.05, 3.63) is 44.9 Å². The van der Waals surface area contributed by atoms with E-state index in [9.17, 15) is 4.21 Å². The molecule has 3 heteroatoms. The summed E-state index contributed by atoms with van der Waals surface area (Å²) in [5, 5.41) is 5.44. The Labute approximate surface area is 85.3 Å². The van der Waals surface area contributed by atoms with Crippen molar-refractivity contribution in [3.63, 3.8) is 0 Å². The Bertz CT molecular complexity index is 317. The smallest absolute Gasteiger partial charge is 0.0702 e. The molecule has 0 saturated carbocycles. The summed E-state index contributed by atoms with van der Waals surface area (Å²) in [5.41, 5.74) is 1.38. The molecule has 0 saturated heterocycles. The molecule has 1 aromatic rings. The van der Waals surface area contributed by atoms with E-state index in [0.29, 0.717) is 0 Å². The van der Waals surface area contributed by atoms with Crippen molar-refractivity contribution in [2.24, 2.45) is 0 Å². The standard InChI is InChI=1S/C6H8S.C4H4OS/c1-5-3-6(2)7-4-5;5-6-3-1-2-4-6/h3-4H,1-2H3;1-4H. The number of hydrogen-bond donors (Lipinski definition) is 0. The lowest BCUT2D eigenvalue weighted by atomic mass is 10.4. The minimum Gasteiger partial charge on any atom is -0.250 e. The highest BCUT2D eigenvalue weighted by molar-refractivity contribution is 7.91. The summed E-state index contributed by atoms with van der Waals surface area (Å²) in [7, 11) is -0.784. The minimum absolute atomic E-state index is 0.784. The van der Waals surface area contributed by atoms with Gasteiger partial charge in [-0.15, -0.1) is 11.3 Å². The van der Waals surface area contributed by atoms with Gasteiger partial charge in [0, 0.05) is 15.7 Å². The number of aryl methyl sites for hydroxylation is 2. The number of rotatable bonds is 0. The van der Waals surface area contributed by atoms with Crippen LogP contribution in [0.3, 0.4) is 0 Å². The van der Waals surface area contributed by atoms with Crippen LogP contribution in [0.2, 0.25) is 0 Å². The van der Waals surface area contributed by atoms with E-state index >= 15 is 0 Å². The molecule has 1 aromatic heterocycles. The van der Waals surface area contributed by atoms with E-state index < -0.39 is 10.8 Å². The lowest BCUT2D eigenvalue weighted by Crippen LogP contribution is -1.63. The lowest BCUT2D eigenvalue weighted by molar-refractivity contribution is 0.693. The van der Waals surface area contributed by atoms with Crippen LogP contribution in [0, 0.1) is 13.8 Å². The molecular weight excluding hydrogens is 200 g/mol. The van der Waals surface area contributed by atoms with E-state index in [1.54, 1.807) is 34.3 Å². The van der Waals surface area contributed by atoms with Crippen LogP contribution in [0.25, 0.3) is 0 Å². The minimum atomic E-state index is -0.784. The van der Waals surface area contributed by atoms with Gasteiger partial charge in [0.2, 0.25) is 0 Å². The fourth-order valence-electron chi connectivity index (χ4n) is 0.866. The molecule has 0 amide bonds. The van der Waals surface area contributed by atoms with Gasteiger partial charge in [0.05, 0.1) is 10.8 Å². The Morgan fingerprint density at radius 2 is 1.85 bits per heavy atom. The molecule has 0 aliphatic carbocycles. The summed E-state index contributed by atoms with van der Waals surface area (Å²) in [6.45, 7) is 4.24.